The fourth-order valence-corrected chi connectivity index (χ4v) is 2.96. The zero-order valence-corrected chi connectivity index (χ0v) is 15.8. The van der Waals surface area contributed by atoms with Crippen LogP contribution in [0.3, 0.4) is 0 Å². The van der Waals surface area contributed by atoms with Crippen molar-refractivity contribution in [3.63, 3.8) is 0 Å². The zero-order chi connectivity index (χ0) is 19.9. The van der Waals surface area contributed by atoms with E-state index in [9.17, 15) is 9.59 Å². The molecule has 0 aliphatic carbocycles. The molecular weight excluding hydrogens is 360 g/mol. The number of methoxy groups -OCH3 is 2. The van der Waals surface area contributed by atoms with E-state index in [2.05, 4.69) is 5.32 Å². The first-order valence-electron chi connectivity index (χ1n) is 8.82. The maximum absolute atomic E-state index is 12.1. The average Bonchev–Trinajstić information content (AvgIpc) is 3.16. The number of urea groups is 1. The molecule has 7 nitrogen and oxygen atoms in total. The van der Waals surface area contributed by atoms with E-state index < -0.39 is 5.97 Å². The molecule has 0 unspecified atom stereocenters. The minimum absolute atomic E-state index is 0.0946. The number of carbonyl (C=O) groups excluding carboxylic acids is 2. The number of nitrogens with one attached hydrogen (secondary N) is 1. The molecule has 2 aromatic rings. The van der Waals surface area contributed by atoms with Crippen LogP contribution >= 0.6 is 0 Å². The van der Waals surface area contributed by atoms with Crippen LogP contribution in [0.25, 0.3) is 5.57 Å². The van der Waals surface area contributed by atoms with Gasteiger partial charge in [-0.3, -0.25) is 4.90 Å². The highest BCUT2D eigenvalue weighted by atomic mass is 16.5. The van der Waals surface area contributed by atoms with Crippen LogP contribution in [0.4, 0.5) is 10.5 Å². The Morgan fingerprint density at radius 2 is 1.89 bits per heavy atom. The topological polar surface area (TPSA) is 77.1 Å². The average molecular weight is 382 g/mol. The lowest BCUT2D eigenvalue weighted by atomic mass is 10.0. The first-order chi connectivity index (χ1) is 13.6. The summed E-state index contributed by atoms with van der Waals surface area (Å²) in [7, 11) is 2.80. The number of carbonyl (C=O) groups is 2. The summed E-state index contributed by atoms with van der Waals surface area (Å²) in [6.45, 7) is 1.55. The van der Waals surface area contributed by atoms with Gasteiger partial charge >= 0.3 is 12.0 Å². The van der Waals surface area contributed by atoms with Gasteiger partial charge in [0.1, 0.15) is 17.9 Å². The Labute approximate surface area is 163 Å². The highest BCUT2D eigenvalue weighted by Crippen LogP contribution is 2.24. The van der Waals surface area contributed by atoms with Gasteiger partial charge in [0.25, 0.3) is 0 Å². The van der Waals surface area contributed by atoms with Crippen LogP contribution in [0.1, 0.15) is 11.1 Å². The van der Waals surface area contributed by atoms with Crippen molar-refractivity contribution in [2.24, 2.45) is 0 Å². The second-order valence-corrected chi connectivity index (χ2v) is 6.08. The monoisotopic (exact) mass is 382 g/mol. The van der Waals surface area contributed by atoms with Gasteiger partial charge in [-0.15, -0.1) is 0 Å². The minimum atomic E-state index is -0.484. The van der Waals surface area contributed by atoms with Crippen molar-refractivity contribution < 1.29 is 23.8 Å². The van der Waals surface area contributed by atoms with Crippen LogP contribution in [0.15, 0.2) is 54.8 Å². The Balaban J connectivity index is 1.74. The molecule has 0 atom stereocenters. The van der Waals surface area contributed by atoms with Gasteiger partial charge in [-0.05, 0) is 35.4 Å². The lowest BCUT2D eigenvalue weighted by Gasteiger charge is -2.15. The van der Waals surface area contributed by atoms with E-state index in [4.69, 9.17) is 14.2 Å². The molecule has 0 radical (unpaired) electrons. The summed E-state index contributed by atoms with van der Waals surface area (Å²) in [6, 6.07) is 14.6. The van der Waals surface area contributed by atoms with Gasteiger partial charge in [-0.25, -0.2) is 9.59 Å². The fraction of sp³-hybridized carbons (Fsp3) is 0.238. The zero-order valence-electron chi connectivity index (χ0n) is 15.8. The number of anilines is 1. The Morgan fingerprint density at radius 3 is 2.54 bits per heavy atom. The summed E-state index contributed by atoms with van der Waals surface area (Å²) in [4.78, 5) is 25.5. The SMILES string of the molecule is COC=C(C(=O)OC)c1ccccc1COc1ccc(N2CCNC2=O)cc1. The van der Waals surface area contributed by atoms with Gasteiger partial charge in [0.15, 0.2) is 0 Å². The van der Waals surface area contributed by atoms with E-state index in [1.54, 1.807) is 4.90 Å². The van der Waals surface area contributed by atoms with Crippen molar-refractivity contribution in [2.45, 2.75) is 6.61 Å². The molecule has 2 amide bonds. The molecule has 1 aliphatic rings. The van der Waals surface area contributed by atoms with E-state index in [0.717, 1.165) is 11.3 Å². The molecule has 0 spiro atoms. The summed E-state index contributed by atoms with van der Waals surface area (Å²) in [6.07, 6.45) is 1.36. The molecular formula is C21H22N2O5. The van der Waals surface area contributed by atoms with E-state index in [0.29, 0.717) is 30.0 Å². The summed E-state index contributed by atoms with van der Waals surface area (Å²) in [5.41, 5.74) is 2.64. The van der Waals surface area contributed by atoms with Crippen molar-refractivity contribution in [1.29, 1.82) is 0 Å². The van der Waals surface area contributed by atoms with Gasteiger partial charge in [-0.2, -0.15) is 0 Å². The molecule has 146 valence electrons. The third-order valence-corrected chi connectivity index (χ3v) is 4.35. The van der Waals surface area contributed by atoms with Crippen LogP contribution in [0, 0.1) is 0 Å². The lowest BCUT2D eigenvalue weighted by Crippen LogP contribution is -2.27. The lowest BCUT2D eigenvalue weighted by molar-refractivity contribution is -0.133. The predicted molar refractivity (Wildman–Crippen MR) is 105 cm³/mol. The molecule has 1 N–H and O–H groups in total. The van der Waals surface area contributed by atoms with Gasteiger partial charge in [0.05, 0.1) is 20.5 Å². The Bertz CT molecular complexity index is 877. The number of nitrogens with zero attached hydrogens (tertiary/aromatic N) is 1. The van der Waals surface area contributed by atoms with Crippen molar-refractivity contribution in [3.8, 4) is 5.75 Å². The number of esters is 1. The number of hydrogen-bond acceptors (Lipinski definition) is 5. The summed E-state index contributed by atoms with van der Waals surface area (Å²) >= 11 is 0. The maximum Gasteiger partial charge on any atom is 0.341 e. The third-order valence-electron chi connectivity index (χ3n) is 4.35. The number of rotatable bonds is 7. The van der Waals surface area contributed by atoms with E-state index >= 15 is 0 Å². The first-order valence-corrected chi connectivity index (χ1v) is 8.82. The first kappa shape index (κ1) is 19.3. The molecule has 28 heavy (non-hydrogen) atoms. The normalized spacial score (nSPS) is 13.9. The van der Waals surface area contributed by atoms with E-state index in [1.807, 2.05) is 48.5 Å². The van der Waals surface area contributed by atoms with Crippen LogP contribution in [0.5, 0.6) is 5.75 Å². The standard InChI is InChI=1S/C21H22N2O5/c1-26-14-19(20(24)27-2)18-6-4-3-5-15(18)13-28-17-9-7-16(8-10-17)23-12-11-22-21(23)25/h3-10,14H,11-13H2,1-2H3,(H,22,25). The maximum atomic E-state index is 12.1. The van der Waals surface area contributed by atoms with Crippen molar-refractivity contribution in [1.82, 2.24) is 5.32 Å². The molecule has 1 heterocycles. The van der Waals surface area contributed by atoms with E-state index in [1.165, 1.54) is 20.5 Å². The van der Waals surface area contributed by atoms with Crippen LogP contribution < -0.4 is 15.0 Å². The predicted octanol–water partition coefficient (Wildman–Crippen LogP) is 2.96. The Hall–Kier alpha value is -3.48. The van der Waals surface area contributed by atoms with Crippen LogP contribution in [-0.4, -0.2) is 39.3 Å². The van der Waals surface area contributed by atoms with Gasteiger partial charge in [-0.1, -0.05) is 24.3 Å². The molecule has 1 aliphatic heterocycles. The van der Waals surface area contributed by atoms with Crippen molar-refractivity contribution in [2.75, 3.05) is 32.2 Å². The number of hydrogen-bond donors (Lipinski definition) is 1. The van der Waals surface area contributed by atoms with Gasteiger partial charge in [0, 0.05) is 18.8 Å². The molecule has 0 aromatic heterocycles. The fourth-order valence-electron chi connectivity index (χ4n) is 2.96. The molecule has 0 bridgehead atoms. The third kappa shape index (κ3) is 4.25. The second kappa shape index (κ2) is 8.94. The summed E-state index contributed by atoms with van der Waals surface area (Å²) < 4.78 is 15.8. The molecule has 3 rings (SSSR count). The molecule has 0 saturated carbocycles. The summed E-state index contributed by atoms with van der Waals surface area (Å²) in [5, 5.41) is 2.77. The number of amides is 2. The highest BCUT2D eigenvalue weighted by Gasteiger charge is 2.21. The quantitative estimate of drug-likeness (QED) is 0.453. The second-order valence-electron chi connectivity index (χ2n) is 6.08. The molecule has 7 heteroatoms. The largest absolute Gasteiger partial charge is 0.503 e. The van der Waals surface area contributed by atoms with Crippen molar-refractivity contribution >= 4 is 23.3 Å². The number of ether oxygens (including phenoxy) is 3. The van der Waals surface area contributed by atoms with E-state index in [-0.39, 0.29) is 12.6 Å². The molecule has 2 aromatic carbocycles. The van der Waals surface area contributed by atoms with Gasteiger partial charge < -0.3 is 19.5 Å². The summed E-state index contributed by atoms with van der Waals surface area (Å²) in [5.74, 6) is 0.177. The van der Waals surface area contributed by atoms with Gasteiger partial charge in [0.2, 0.25) is 0 Å². The minimum Gasteiger partial charge on any atom is -0.503 e. The smallest absolute Gasteiger partial charge is 0.341 e. The highest BCUT2D eigenvalue weighted by molar-refractivity contribution is 6.16. The molecule has 1 fully saturated rings. The van der Waals surface area contributed by atoms with Crippen LogP contribution in [0.2, 0.25) is 0 Å². The molecule has 1 saturated heterocycles. The van der Waals surface area contributed by atoms with Crippen molar-refractivity contribution in [3.05, 3.63) is 65.9 Å². The Morgan fingerprint density at radius 1 is 1.14 bits per heavy atom. The van der Waals surface area contributed by atoms with Crippen LogP contribution in [-0.2, 0) is 20.9 Å². The number of benzene rings is 2. The Kier molecular flexibility index (Phi) is 6.16.